The first-order valence-corrected chi connectivity index (χ1v) is 13.7. The minimum absolute atomic E-state index is 0.00909. The van der Waals surface area contributed by atoms with E-state index < -0.39 is 38.9 Å². The Morgan fingerprint density at radius 2 is 1.65 bits per heavy atom. The summed E-state index contributed by atoms with van der Waals surface area (Å²) < 4.78 is 55.0. The van der Waals surface area contributed by atoms with E-state index in [0.29, 0.717) is 35.5 Å². The molecule has 0 aliphatic carbocycles. The lowest BCUT2D eigenvalue weighted by atomic mass is 10.0. The van der Waals surface area contributed by atoms with Gasteiger partial charge in [0.1, 0.15) is 10.6 Å². The molecule has 0 aromatic heterocycles. The molecule has 3 aromatic carbocycles. The number of ether oxygens (including phenoxy) is 5. The molecule has 1 unspecified atom stereocenters. The number of aryl methyl sites for hydroxylation is 1. The van der Waals surface area contributed by atoms with Gasteiger partial charge < -0.3 is 23.7 Å². The summed E-state index contributed by atoms with van der Waals surface area (Å²) in [6.07, 6.45) is -0.282. The molecule has 3 aromatic rings. The molecular formula is C28H27NO10S. The number of amides is 1. The highest BCUT2D eigenvalue weighted by Crippen LogP contribution is 2.36. The van der Waals surface area contributed by atoms with Crippen LogP contribution in [-0.2, 0) is 30.7 Å². The van der Waals surface area contributed by atoms with Gasteiger partial charge in [-0.2, -0.15) is 0 Å². The van der Waals surface area contributed by atoms with Crippen molar-refractivity contribution in [1.82, 2.24) is 4.72 Å². The first-order chi connectivity index (χ1) is 19.2. The third-order valence-corrected chi connectivity index (χ3v) is 7.41. The zero-order valence-electron chi connectivity index (χ0n) is 22.0. The molecule has 1 aliphatic heterocycles. The van der Waals surface area contributed by atoms with Gasteiger partial charge in [-0.1, -0.05) is 31.5 Å². The molecule has 1 aliphatic rings. The van der Waals surface area contributed by atoms with Crippen molar-refractivity contribution >= 4 is 27.9 Å². The average Bonchev–Trinajstić information content (AvgIpc) is 3.43. The van der Waals surface area contributed by atoms with Gasteiger partial charge in [-0.25, -0.2) is 22.7 Å². The first kappa shape index (κ1) is 28.4. The molecule has 1 heterocycles. The summed E-state index contributed by atoms with van der Waals surface area (Å²) in [5.74, 6) is -1.38. The third kappa shape index (κ3) is 6.01. The maximum Gasteiger partial charge on any atom is 0.339 e. The van der Waals surface area contributed by atoms with Crippen LogP contribution in [0.4, 0.5) is 0 Å². The molecule has 12 heteroatoms. The van der Waals surface area contributed by atoms with Crippen molar-refractivity contribution < 1.29 is 46.5 Å². The molecule has 0 bridgehead atoms. The Morgan fingerprint density at radius 3 is 2.38 bits per heavy atom. The van der Waals surface area contributed by atoms with Crippen molar-refractivity contribution in [1.29, 1.82) is 0 Å². The van der Waals surface area contributed by atoms with Crippen LogP contribution in [0.25, 0.3) is 0 Å². The van der Waals surface area contributed by atoms with Crippen molar-refractivity contribution in [3.63, 3.8) is 0 Å². The van der Waals surface area contributed by atoms with Gasteiger partial charge in [-0.3, -0.25) is 4.79 Å². The number of hydrogen-bond donors (Lipinski definition) is 1. The quantitative estimate of drug-likeness (QED) is 0.360. The SMILES string of the molecule is CCCc1cc(C(=O)OC)ccc1OC(C(=O)NS(=O)(=O)c1ccccc1C(=O)OC)c1ccc2c(c1)OCO2. The molecule has 210 valence electrons. The van der Waals surface area contributed by atoms with Crippen molar-refractivity contribution in [3.05, 3.63) is 82.9 Å². The van der Waals surface area contributed by atoms with E-state index in [1.54, 1.807) is 18.2 Å². The molecule has 0 fully saturated rings. The highest BCUT2D eigenvalue weighted by atomic mass is 32.2. The largest absolute Gasteiger partial charge is 0.475 e. The van der Waals surface area contributed by atoms with Crippen LogP contribution in [0.1, 0.15) is 51.3 Å². The molecule has 0 saturated carbocycles. The predicted molar refractivity (Wildman–Crippen MR) is 141 cm³/mol. The van der Waals surface area contributed by atoms with Gasteiger partial charge in [0.2, 0.25) is 12.9 Å². The van der Waals surface area contributed by atoms with Crippen LogP contribution in [-0.4, -0.2) is 47.3 Å². The average molecular weight is 570 g/mol. The zero-order chi connectivity index (χ0) is 28.9. The molecule has 11 nitrogen and oxygen atoms in total. The maximum atomic E-state index is 13.6. The van der Waals surface area contributed by atoms with Crippen LogP contribution < -0.4 is 18.9 Å². The van der Waals surface area contributed by atoms with Crippen molar-refractivity contribution in [2.45, 2.75) is 30.8 Å². The van der Waals surface area contributed by atoms with Crippen LogP contribution in [0.5, 0.6) is 17.2 Å². The van der Waals surface area contributed by atoms with E-state index in [1.807, 2.05) is 11.6 Å². The molecule has 1 N–H and O–H groups in total. The highest BCUT2D eigenvalue weighted by molar-refractivity contribution is 7.90. The van der Waals surface area contributed by atoms with E-state index >= 15 is 0 Å². The fourth-order valence-corrected chi connectivity index (χ4v) is 5.28. The Morgan fingerprint density at radius 1 is 0.925 bits per heavy atom. The minimum atomic E-state index is -4.54. The molecule has 40 heavy (non-hydrogen) atoms. The van der Waals surface area contributed by atoms with E-state index in [1.165, 1.54) is 49.6 Å². The normalized spacial score (nSPS) is 12.8. The zero-order valence-corrected chi connectivity index (χ0v) is 22.8. The summed E-state index contributed by atoms with van der Waals surface area (Å²) in [6, 6.07) is 14.6. The monoisotopic (exact) mass is 569 g/mol. The number of hydrogen-bond acceptors (Lipinski definition) is 10. The minimum Gasteiger partial charge on any atom is -0.475 e. The van der Waals surface area contributed by atoms with Gasteiger partial charge >= 0.3 is 11.9 Å². The van der Waals surface area contributed by atoms with E-state index in [0.717, 1.165) is 7.11 Å². The molecule has 1 amide bonds. The summed E-state index contributed by atoms with van der Waals surface area (Å²) in [7, 11) is -2.15. The summed E-state index contributed by atoms with van der Waals surface area (Å²) >= 11 is 0. The molecule has 0 saturated heterocycles. The smallest absolute Gasteiger partial charge is 0.339 e. The van der Waals surface area contributed by atoms with Gasteiger partial charge in [0.05, 0.1) is 25.3 Å². The maximum absolute atomic E-state index is 13.6. The Kier molecular flexibility index (Phi) is 8.58. The number of rotatable bonds is 10. The van der Waals surface area contributed by atoms with Crippen LogP contribution in [0, 0.1) is 0 Å². The summed E-state index contributed by atoms with van der Waals surface area (Å²) in [5.41, 5.74) is 0.944. The molecular weight excluding hydrogens is 542 g/mol. The summed E-state index contributed by atoms with van der Waals surface area (Å²) in [6.45, 7) is 1.92. The Hall–Kier alpha value is -4.58. The second-order valence-electron chi connectivity index (χ2n) is 8.63. The third-order valence-electron chi connectivity index (χ3n) is 6.00. The highest BCUT2D eigenvalue weighted by Gasteiger charge is 2.32. The van der Waals surface area contributed by atoms with E-state index in [9.17, 15) is 22.8 Å². The van der Waals surface area contributed by atoms with Crippen LogP contribution in [0.2, 0.25) is 0 Å². The van der Waals surface area contributed by atoms with E-state index in [-0.39, 0.29) is 23.7 Å². The fourth-order valence-electron chi connectivity index (χ4n) is 4.10. The number of sulfonamides is 1. The predicted octanol–water partition coefficient (Wildman–Crippen LogP) is 3.57. The lowest BCUT2D eigenvalue weighted by Gasteiger charge is -2.22. The number of fused-ring (bicyclic) bond motifs is 1. The standard InChI is InChI=1S/C28H27NO10S/c1-4-7-17-14-19(27(31)35-2)11-12-21(17)39-25(18-10-13-22-23(15-18)38-16-37-22)26(30)29-40(33,34)24-9-6-5-8-20(24)28(32)36-3/h5-6,8-15,25H,4,7,16H2,1-3H3,(H,29,30). The number of nitrogens with one attached hydrogen (secondary N) is 1. The Bertz CT molecular complexity index is 1550. The van der Waals surface area contributed by atoms with Crippen LogP contribution in [0.15, 0.2) is 65.6 Å². The van der Waals surface area contributed by atoms with Crippen molar-refractivity contribution in [3.8, 4) is 17.2 Å². The number of esters is 2. The Balaban J connectivity index is 1.74. The van der Waals surface area contributed by atoms with Gasteiger partial charge in [-0.15, -0.1) is 0 Å². The molecule has 0 radical (unpaired) electrons. The van der Waals surface area contributed by atoms with E-state index in [4.69, 9.17) is 18.9 Å². The van der Waals surface area contributed by atoms with Gasteiger partial charge in [0.25, 0.3) is 15.9 Å². The number of carbonyl (C=O) groups excluding carboxylic acids is 3. The summed E-state index contributed by atoms with van der Waals surface area (Å²) in [4.78, 5) is 37.4. The van der Waals surface area contributed by atoms with E-state index in [2.05, 4.69) is 4.74 Å². The first-order valence-electron chi connectivity index (χ1n) is 12.2. The van der Waals surface area contributed by atoms with Crippen LogP contribution in [0.3, 0.4) is 0 Å². The number of carbonyl (C=O) groups is 3. The second-order valence-corrected chi connectivity index (χ2v) is 10.3. The number of benzene rings is 3. The summed E-state index contributed by atoms with van der Waals surface area (Å²) in [5, 5.41) is 0. The lowest BCUT2D eigenvalue weighted by molar-refractivity contribution is -0.126. The van der Waals surface area contributed by atoms with Crippen LogP contribution >= 0.6 is 0 Å². The Labute approximate surface area is 231 Å². The molecule has 4 rings (SSSR count). The molecule has 1 atom stereocenters. The number of methoxy groups -OCH3 is 2. The van der Waals surface area contributed by atoms with Gasteiger partial charge in [0.15, 0.2) is 11.5 Å². The van der Waals surface area contributed by atoms with Gasteiger partial charge in [-0.05, 0) is 54.4 Å². The van der Waals surface area contributed by atoms with Crippen molar-refractivity contribution in [2.24, 2.45) is 0 Å². The van der Waals surface area contributed by atoms with Gasteiger partial charge in [0, 0.05) is 5.56 Å². The fraction of sp³-hybridized carbons (Fsp3) is 0.250. The lowest BCUT2D eigenvalue weighted by Crippen LogP contribution is -2.37. The topological polar surface area (TPSA) is 144 Å². The van der Waals surface area contributed by atoms with Crippen molar-refractivity contribution in [2.75, 3.05) is 21.0 Å². The second kappa shape index (κ2) is 12.1. The molecule has 0 spiro atoms.